The molecule has 7 nitrogen and oxygen atoms in total. The van der Waals surface area contributed by atoms with Gasteiger partial charge >= 0.3 is 0 Å². The van der Waals surface area contributed by atoms with Gasteiger partial charge in [0.1, 0.15) is 18.2 Å². The summed E-state index contributed by atoms with van der Waals surface area (Å²) in [4.78, 5) is 33.1. The Kier molecular flexibility index (Phi) is 9.18. The van der Waals surface area contributed by atoms with Crippen LogP contribution in [-0.4, -0.2) is 55.2 Å². The maximum absolute atomic E-state index is 13.2. The van der Waals surface area contributed by atoms with Crippen LogP contribution in [0, 0.1) is 0 Å². The Morgan fingerprint density at radius 1 is 0.971 bits per heavy atom. The number of likely N-dealkylation sites (N-methyl/N-ethyl adjacent to an activating group) is 1. The summed E-state index contributed by atoms with van der Waals surface area (Å²) in [5.41, 5.74) is 0.847. The topological polar surface area (TPSA) is 83.6 Å². The van der Waals surface area contributed by atoms with Crippen molar-refractivity contribution >= 4 is 58.3 Å². The Balaban J connectivity index is 1.84. The summed E-state index contributed by atoms with van der Waals surface area (Å²) in [6.45, 7) is 1.12. The first kappa shape index (κ1) is 25.8. The van der Waals surface area contributed by atoms with Crippen LogP contribution < -0.4 is 15.4 Å². The number of hydrogen-bond donors (Lipinski definition) is 2. The van der Waals surface area contributed by atoms with Gasteiger partial charge in [-0.25, -0.2) is 4.98 Å². The van der Waals surface area contributed by atoms with Crippen LogP contribution >= 0.6 is 35.0 Å². The normalized spacial score (nSPS) is 10.8. The van der Waals surface area contributed by atoms with Gasteiger partial charge in [-0.3, -0.25) is 9.59 Å². The second-order valence-electron chi connectivity index (χ2n) is 7.47. The van der Waals surface area contributed by atoms with E-state index in [0.29, 0.717) is 46.0 Å². The third-order valence-corrected chi connectivity index (χ3v) is 5.86. The second-order valence-corrected chi connectivity index (χ2v) is 9.23. The van der Waals surface area contributed by atoms with E-state index in [0.717, 1.165) is 4.90 Å². The van der Waals surface area contributed by atoms with Gasteiger partial charge in [0.15, 0.2) is 0 Å². The third-order valence-electron chi connectivity index (χ3n) is 4.67. The molecule has 10 heteroatoms. The zero-order valence-electron chi connectivity index (χ0n) is 18.9. The molecule has 0 saturated carbocycles. The summed E-state index contributed by atoms with van der Waals surface area (Å²) in [7, 11) is 3.89. The average molecular weight is 519 g/mol. The number of pyridine rings is 1. The van der Waals surface area contributed by atoms with Crippen molar-refractivity contribution in [1.29, 1.82) is 0 Å². The first-order valence-corrected chi connectivity index (χ1v) is 12.2. The monoisotopic (exact) mass is 518 g/mol. The number of aromatic nitrogens is 1. The predicted molar refractivity (Wildman–Crippen MR) is 139 cm³/mol. The van der Waals surface area contributed by atoms with Crippen LogP contribution in [-0.2, 0) is 0 Å². The number of nitrogens with zero attached hydrogens (tertiary/aromatic N) is 2. The Hall–Kier alpha value is -2.78. The number of rotatable bonds is 9. The molecule has 0 radical (unpaired) electrons. The summed E-state index contributed by atoms with van der Waals surface area (Å²) >= 11 is 13.5. The van der Waals surface area contributed by atoms with Crippen molar-refractivity contribution < 1.29 is 14.3 Å². The van der Waals surface area contributed by atoms with Crippen LogP contribution in [0.2, 0.25) is 10.0 Å². The molecule has 3 rings (SSSR count). The lowest BCUT2D eigenvalue weighted by Crippen LogP contribution is -2.21. The minimum absolute atomic E-state index is 0.188. The molecule has 34 heavy (non-hydrogen) atoms. The summed E-state index contributed by atoms with van der Waals surface area (Å²) in [5.74, 6) is -0.103. The zero-order valence-corrected chi connectivity index (χ0v) is 21.2. The van der Waals surface area contributed by atoms with Gasteiger partial charge in [0.2, 0.25) is 0 Å². The fraction of sp³-hybridized carbons (Fsp3) is 0.208. The van der Waals surface area contributed by atoms with Crippen LogP contribution in [0.5, 0.6) is 5.75 Å². The minimum Gasteiger partial charge on any atom is -0.491 e. The second kappa shape index (κ2) is 12.1. The minimum atomic E-state index is -0.479. The van der Waals surface area contributed by atoms with E-state index in [4.69, 9.17) is 27.9 Å². The van der Waals surface area contributed by atoms with E-state index in [2.05, 4.69) is 15.6 Å². The van der Waals surface area contributed by atoms with Crippen molar-refractivity contribution in [1.82, 2.24) is 9.88 Å². The zero-order chi connectivity index (χ0) is 24.7. The van der Waals surface area contributed by atoms with Gasteiger partial charge < -0.3 is 20.3 Å². The van der Waals surface area contributed by atoms with E-state index in [-0.39, 0.29) is 5.56 Å². The maximum Gasteiger partial charge on any atom is 0.259 e. The Bertz CT molecular complexity index is 1170. The molecule has 0 atom stereocenters. The Morgan fingerprint density at radius 3 is 2.38 bits per heavy atom. The quantitative estimate of drug-likeness (QED) is 0.361. The highest BCUT2D eigenvalue weighted by atomic mass is 35.5. The van der Waals surface area contributed by atoms with Crippen LogP contribution in [0.25, 0.3) is 0 Å². The number of nitrogens with one attached hydrogen (secondary N) is 2. The number of benzene rings is 2. The molecule has 0 spiro atoms. The highest BCUT2D eigenvalue weighted by Crippen LogP contribution is 2.28. The van der Waals surface area contributed by atoms with Gasteiger partial charge in [0.05, 0.1) is 21.8 Å². The summed E-state index contributed by atoms with van der Waals surface area (Å²) in [6, 6.07) is 13.2. The third kappa shape index (κ3) is 7.11. The van der Waals surface area contributed by atoms with Crippen LogP contribution in [0.1, 0.15) is 20.7 Å². The van der Waals surface area contributed by atoms with E-state index in [1.807, 2.05) is 37.4 Å². The molecule has 0 fully saturated rings. The van der Waals surface area contributed by atoms with E-state index in [1.54, 1.807) is 42.1 Å². The number of halogens is 2. The van der Waals surface area contributed by atoms with Gasteiger partial charge in [-0.1, -0.05) is 23.2 Å². The highest BCUT2D eigenvalue weighted by Gasteiger charge is 2.19. The number of ether oxygens (including phenoxy) is 1. The van der Waals surface area contributed by atoms with E-state index < -0.39 is 11.8 Å². The molecule has 0 aliphatic rings. The average Bonchev–Trinajstić information content (AvgIpc) is 2.81. The van der Waals surface area contributed by atoms with E-state index >= 15 is 0 Å². The highest BCUT2D eigenvalue weighted by molar-refractivity contribution is 7.98. The largest absolute Gasteiger partial charge is 0.491 e. The van der Waals surface area contributed by atoms with Crippen molar-refractivity contribution in [2.45, 2.75) is 4.90 Å². The van der Waals surface area contributed by atoms with Crippen LogP contribution in [0.15, 0.2) is 59.6 Å². The van der Waals surface area contributed by atoms with Gasteiger partial charge in [-0.05, 0) is 68.9 Å². The SMILES string of the molecule is CSc1ccc(C(=O)Nc2ccc(Cl)cc2C(=O)Nc2ccc(Cl)cn2)c(OCCN(C)C)c1. The van der Waals surface area contributed by atoms with Crippen molar-refractivity contribution in [3.05, 3.63) is 75.9 Å². The first-order valence-electron chi connectivity index (χ1n) is 10.3. The van der Waals surface area contributed by atoms with Gasteiger partial charge in [0.25, 0.3) is 11.8 Å². The van der Waals surface area contributed by atoms with Crippen LogP contribution in [0.4, 0.5) is 11.5 Å². The molecule has 0 bridgehead atoms. The van der Waals surface area contributed by atoms with Crippen molar-refractivity contribution in [2.75, 3.05) is 44.1 Å². The summed E-state index contributed by atoms with van der Waals surface area (Å²) < 4.78 is 5.90. The molecule has 1 heterocycles. The Labute approximate surface area is 212 Å². The predicted octanol–water partition coefficient (Wildman–Crippen LogP) is 5.56. The van der Waals surface area contributed by atoms with Crippen molar-refractivity contribution in [3.8, 4) is 5.75 Å². The van der Waals surface area contributed by atoms with Crippen molar-refractivity contribution in [2.24, 2.45) is 0 Å². The summed E-state index contributed by atoms with van der Waals surface area (Å²) in [6.07, 6.45) is 3.38. The fourth-order valence-electron chi connectivity index (χ4n) is 2.91. The van der Waals surface area contributed by atoms with E-state index in [1.165, 1.54) is 12.3 Å². The number of hydrogen-bond acceptors (Lipinski definition) is 6. The first-order chi connectivity index (χ1) is 16.3. The lowest BCUT2D eigenvalue weighted by atomic mass is 10.1. The molecule has 2 amide bonds. The van der Waals surface area contributed by atoms with Crippen LogP contribution in [0.3, 0.4) is 0 Å². The molecule has 2 N–H and O–H groups in total. The number of carbonyl (C=O) groups is 2. The number of amides is 2. The molecule has 178 valence electrons. The molecular weight excluding hydrogens is 495 g/mol. The standard InChI is InChI=1S/C24H24Cl2N4O3S/c1-30(2)10-11-33-21-13-17(34-3)6-7-18(21)23(31)28-20-8-4-15(25)12-19(20)24(32)29-22-9-5-16(26)14-27-22/h4-9,12-14H,10-11H2,1-3H3,(H,28,31)(H,27,29,32). The lowest BCUT2D eigenvalue weighted by molar-refractivity contribution is 0.102. The van der Waals surface area contributed by atoms with Crippen molar-refractivity contribution in [3.63, 3.8) is 0 Å². The molecule has 0 aliphatic carbocycles. The summed E-state index contributed by atoms with van der Waals surface area (Å²) in [5, 5.41) is 6.29. The molecule has 0 aliphatic heterocycles. The lowest BCUT2D eigenvalue weighted by Gasteiger charge is -2.16. The van der Waals surface area contributed by atoms with Gasteiger partial charge in [-0.2, -0.15) is 0 Å². The maximum atomic E-state index is 13.2. The van der Waals surface area contributed by atoms with E-state index in [9.17, 15) is 9.59 Å². The fourth-order valence-corrected chi connectivity index (χ4v) is 3.62. The number of anilines is 2. The molecule has 0 unspecified atom stereocenters. The number of carbonyl (C=O) groups excluding carboxylic acids is 2. The van der Waals surface area contributed by atoms with Gasteiger partial charge in [-0.15, -0.1) is 11.8 Å². The molecular formula is C24H24Cl2N4O3S. The molecule has 3 aromatic rings. The molecule has 2 aromatic carbocycles. The number of thioether (sulfide) groups is 1. The Morgan fingerprint density at radius 2 is 1.71 bits per heavy atom. The molecule has 1 aromatic heterocycles. The molecule has 0 saturated heterocycles. The smallest absolute Gasteiger partial charge is 0.259 e. The van der Waals surface area contributed by atoms with Gasteiger partial charge in [0, 0.05) is 22.7 Å².